The van der Waals surface area contributed by atoms with Gasteiger partial charge in [0.05, 0.1) is 0 Å². The maximum atomic E-state index is 12.7. The Hall–Kier alpha value is -1.48. The van der Waals surface area contributed by atoms with Gasteiger partial charge in [0.2, 0.25) is 0 Å². The van der Waals surface area contributed by atoms with Gasteiger partial charge >= 0.3 is 5.97 Å². The van der Waals surface area contributed by atoms with Gasteiger partial charge in [0.25, 0.3) is 0 Å². The topological polar surface area (TPSA) is 26.3 Å². The van der Waals surface area contributed by atoms with Crippen LogP contribution in [0.4, 0.5) is 0 Å². The molecule has 4 rings (SSSR count). The van der Waals surface area contributed by atoms with Crippen LogP contribution < -0.4 is 4.74 Å². The van der Waals surface area contributed by atoms with E-state index in [4.69, 9.17) is 4.74 Å². The summed E-state index contributed by atoms with van der Waals surface area (Å²) in [5, 5.41) is 2.40. The standard InChI is InChI=1S/C28H40O2S/c1-2-22(21-23-11-5-3-6-12-23)15-18-28(29)30-26-16-17-27(31-19-9-4-10-20-31)25-14-8-7-13-24(25)26/h7-8,13-14,16-17,22-23,31H,2-6,9-12,15,18-21H2,1H3. The Morgan fingerprint density at radius 2 is 1.68 bits per heavy atom. The quantitative estimate of drug-likeness (QED) is 0.255. The predicted octanol–water partition coefficient (Wildman–Crippen LogP) is 8.07. The molecular formula is C28H40O2S. The summed E-state index contributed by atoms with van der Waals surface area (Å²) >= 11 is 0. The highest BCUT2D eigenvalue weighted by atomic mass is 32.2. The maximum Gasteiger partial charge on any atom is 0.311 e. The van der Waals surface area contributed by atoms with Gasteiger partial charge in [-0.1, -0.05) is 76.1 Å². The van der Waals surface area contributed by atoms with E-state index in [1.54, 1.807) is 0 Å². The SMILES string of the molecule is CCC(CCC(=O)Oc1ccc([SH]2CCCCC2)c2ccccc12)CC1CCCCC1. The van der Waals surface area contributed by atoms with E-state index in [0.29, 0.717) is 12.3 Å². The average Bonchev–Trinajstić information content (AvgIpc) is 2.83. The summed E-state index contributed by atoms with van der Waals surface area (Å²) in [4.78, 5) is 14.2. The molecule has 0 radical (unpaired) electrons. The molecule has 2 aromatic rings. The number of carbonyl (C=O) groups excluding carboxylic acids is 1. The van der Waals surface area contributed by atoms with Gasteiger partial charge in [-0.05, 0) is 71.4 Å². The van der Waals surface area contributed by atoms with Crippen molar-refractivity contribution in [3.63, 3.8) is 0 Å². The molecule has 1 saturated carbocycles. The molecule has 3 heteroatoms. The minimum atomic E-state index is -0.0664. The lowest BCUT2D eigenvalue weighted by molar-refractivity contribution is -0.134. The van der Waals surface area contributed by atoms with E-state index in [1.807, 2.05) is 0 Å². The molecule has 31 heavy (non-hydrogen) atoms. The Morgan fingerprint density at radius 1 is 0.968 bits per heavy atom. The molecule has 1 aliphatic carbocycles. The van der Waals surface area contributed by atoms with Crippen molar-refractivity contribution < 1.29 is 9.53 Å². The van der Waals surface area contributed by atoms with Crippen LogP contribution in [0, 0.1) is 11.8 Å². The first-order valence-corrected chi connectivity index (χ1v) is 14.4. The fourth-order valence-corrected chi connectivity index (χ4v) is 8.37. The van der Waals surface area contributed by atoms with Crippen molar-refractivity contribution in [2.75, 3.05) is 11.5 Å². The number of rotatable bonds is 8. The molecular weight excluding hydrogens is 400 g/mol. The molecule has 2 fully saturated rings. The zero-order chi connectivity index (χ0) is 21.5. The highest BCUT2D eigenvalue weighted by Crippen LogP contribution is 2.46. The van der Waals surface area contributed by atoms with E-state index in [2.05, 4.69) is 43.3 Å². The lowest BCUT2D eigenvalue weighted by atomic mass is 9.81. The van der Waals surface area contributed by atoms with Crippen LogP contribution in [0.15, 0.2) is 41.3 Å². The van der Waals surface area contributed by atoms with Crippen molar-refractivity contribution >= 4 is 27.6 Å². The van der Waals surface area contributed by atoms with E-state index in [0.717, 1.165) is 23.5 Å². The fraction of sp³-hybridized carbons (Fsp3) is 0.607. The molecule has 0 aromatic heterocycles. The summed E-state index contributed by atoms with van der Waals surface area (Å²) in [6.07, 6.45) is 15.1. The largest absolute Gasteiger partial charge is 0.426 e. The normalized spacial score (nSPS) is 20.0. The minimum Gasteiger partial charge on any atom is -0.426 e. The van der Waals surface area contributed by atoms with Gasteiger partial charge in [0.1, 0.15) is 5.75 Å². The number of ether oxygens (including phenoxy) is 1. The third kappa shape index (κ3) is 6.06. The highest BCUT2D eigenvalue weighted by Gasteiger charge is 2.20. The van der Waals surface area contributed by atoms with Crippen molar-refractivity contribution in [3.8, 4) is 5.75 Å². The Labute approximate surface area is 191 Å². The van der Waals surface area contributed by atoms with Crippen LogP contribution >= 0.6 is 10.9 Å². The van der Waals surface area contributed by atoms with Crippen LogP contribution in [0.5, 0.6) is 5.75 Å². The van der Waals surface area contributed by atoms with Gasteiger partial charge in [-0.25, -0.2) is 10.9 Å². The van der Waals surface area contributed by atoms with Crippen molar-refractivity contribution in [3.05, 3.63) is 36.4 Å². The van der Waals surface area contributed by atoms with Crippen molar-refractivity contribution in [2.24, 2.45) is 11.8 Å². The average molecular weight is 441 g/mol. The molecule has 1 saturated heterocycles. The third-order valence-corrected chi connectivity index (χ3v) is 10.3. The Balaban J connectivity index is 1.39. The minimum absolute atomic E-state index is 0.0663. The molecule has 0 spiro atoms. The van der Waals surface area contributed by atoms with Crippen LogP contribution in [-0.4, -0.2) is 17.5 Å². The Kier molecular flexibility index (Phi) is 8.35. The van der Waals surface area contributed by atoms with Gasteiger partial charge in [-0.15, -0.1) is 0 Å². The second kappa shape index (κ2) is 11.4. The van der Waals surface area contributed by atoms with Crippen LogP contribution in [0.3, 0.4) is 0 Å². The second-order valence-electron chi connectivity index (χ2n) is 9.70. The van der Waals surface area contributed by atoms with Gasteiger partial charge in [-0.3, -0.25) is 4.79 Å². The van der Waals surface area contributed by atoms with E-state index in [9.17, 15) is 4.79 Å². The maximum absolute atomic E-state index is 12.7. The monoisotopic (exact) mass is 440 g/mol. The zero-order valence-electron chi connectivity index (χ0n) is 19.3. The van der Waals surface area contributed by atoms with Gasteiger partial charge < -0.3 is 4.74 Å². The van der Waals surface area contributed by atoms with E-state index in [-0.39, 0.29) is 16.9 Å². The van der Waals surface area contributed by atoms with Gasteiger partial charge in [0.15, 0.2) is 0 Å². The Bertz CT molecular complexity index is 849. The van der Waals surface area contributed by atoms with Crippen LogP contribution in [0.2, 0.25) is 0 Å². The number of hydrogen-bond donors (Lipinski definition) is 1. The summed E-state index contributed by atoms with van der Waals surface area (Å²) in [5.41, 5.74) is 0. The van der Waals surface area contributed by atoms with Gasteiger partial charge in [-0.2, -0.15) is 0 Å². The lowest BCUT2D eigenvalue weighted by Gasteiger charge is -2.28. The summed E-state index contributed by atoms with van der Waals surface area (Å²) in [6, 6.07) is 12.8. The molecule has 1 unspecified atom stereocenters. The smallest absolute Gasteiger partial charge is 0.311 e. The molecule has 1 atom stereocenters. The first kappa shape index (κ1) is 22.7. The number of thiol groups is 1. The third-order valence-electron chi connectivity index (χ3n) is 7.51. The first-order valence-electron chi connectivity index (χ1n) is 12.7. The fourth-order valence-electron chi connectivity index (χ4n) is 5.63. The summed E-state index contributed by atoms with van der Waals surface area (Å²) in [5.74, 6) is 4.91. The lowest BCUT2D eigenvalue weighted by Crippen LogP contribution is -2.15. The summed E-state index contributed by atoms with van der Waals surface area (Å²) in [7, 11) is -0.0664. The van der Waals surface area contributed by atoms with E-state index < -0.39 is 0 Å². The van der Waals surface area contributed by atoms with Crippen molar-refractivity contribution in [2.45, 2.75) is 88.9 Å². The molecule has 2 aliphatic rings. The molecule has 0 N–H and O–H groups in total. The number of carbonyl (C=O) groups is 1. The van der Waals surface area contributed by atoms with E-state index in [1.165, 1.54) is 86.0 Å². The second-order valence-corrected chi connectivity index (χ2v) is 12.2. The van der Waals surface area contributed by atoms with Crippen LogP contribution in [0.1, 0.15) is 84.0 Å². The molecule has 2 nitrogen and oxygen atoms in total. The predicted molar refractivity (Wildman–Crippen MR) is 135 cm³/mol. The number of hydrogen-bond acceptors (Lipinski definition) is 2. The summed E-state index contributed by atoms with van der Waals surface area (Å²) in [6.45, 7) is 2.28. The number of benzene rings is 2. The van der Waals surface area contributed by atoms with Gasteiger partial charge in [0, 0.05) is 11.8 Å². The molecule has 0 amide bonds. The number of fused-ring (bicyclic) bond motifs is 1. The molecule has 170 valence electrons. The molecule has 1 heterocycles. The zero-order valence-corrected chi connectivity index (χ0v) is 20.2. The van der Waals surface area contributed by atoms with Crippen molar-refractivity contribution in [1.29, 1.82) is 0 Å². The van der Waals surface area contributed by atoms with Crippen molar-refractivity contribution in [1.82, 2.24) is 0 Å². The molecule has 1 aliphatic heterocycles. The molecule has 2 aromatic carbocycles. The van der Waals surface area contributed by atoms with Crippen LogP contribution in [-0.2, 0) is 4.79 Å². The first-order chi connectivity index (χ1) is 15.2. The van der Waals surface area contributed by atoms with E-state index >= 15 is 0 Å². The Morgan fingerprint density at radius 3 is 2.42 bits per heavy atom. The highest BCUT2D eigenvalue weighted by molar-refractivity contribution is 8.17. The molecule has 0 bridgehead atoms. The summed E-state index contributed by atoms with van der Waals surface area (Å²) < 4.78 is 5.92. The number of esters is 1. The van der Waals surface area contributed by atoms with Crippen LogP contribution in [0.25, 0.3) is 10.8 Å².